The molecule has 1 aromatic carbocycles. The Morgan fingerprint density at radius 2 is 2.24 bits per heavy atom. The van der Waals surface area contributed by atoms with E-state index in [1.165, 1.54) is 12.1 Å². The van der Waals surface area contributed by atoms with Crippen molar-refractivity contribution in [3.8, 4) is 6.07 Å². The standard InChI is InChI=1S/C14H18N4O3/c15-11-14(12-2-1-3-13(10-12)18(19)20)16-4-5-17-6-8-21-9-7-17/h1-3,10,14,16H,4-9H2. The first-order valence-corrected chi connectivity index (χ1v) is 6.88. The molecule has 1 unspecified atom stereocenters. The van der Waals surface area contributed by atoms with Gasteiger partial charge in [-0.05, 0) is 5.56 Å². The largest absolute Gasteiger partial charge is 0.379 e. The third kappa shape index (κ3) is 4.49. The van der Waals surface area contributed by atoms with E-state index in [2.05, 4.69) is 16.3 Å². The minimum absolute atomic E-state index is 0.00253. The quantitative estimate of drug-likeness (QED) is 0.622. The van der Waals surface area contributed by atoms with E-state index in [4.69, 9.17) is 4.74 Å². The molecule has 1 atom stereocenters. The molecule has 0 radical (unpaired) electrons. The maximum absolute atomic E-state index is 10.8. The zero-order chi connectivity index (χ0) is 15.1. The van der Waals surface area contributed by atoms with Crippen LogP contribution < -0.4 is 5.32 Å². The van der Waals surface area contributed by atoms with E-state index >= 15 is 0 Å². The molecule has 0 amide bonds. The second-order valence-corrected chi connectivity index (χ2v) is 4.82. The Morgan fingerprint density at radius 3 is 2.90 bits per heavy atom. The summed E-state index contributed by atoms with van der Waals surface area (Å²) >= 11 is 0. The lowest BCUT2D eigenvalue weighted by Gasteiger charge is -2.27. The van der Waals surface area contributed by atoms with Crippen LogP contribution in [0.25, 0.3) is 0 Å². The highest BCUT2D eigenvalue weighted by atomic mass is 16.6. The normalized spacial score (nSPS) is 17.1. The van der Waals surface area contributed by atoms with Gasteiger partial charge in [0, 0.05) is 38.3 Å². The van der Waals surface area contributed by atoms with Crippen molar-refractivity contribution in [1.82, 2.24) is 10.2 Å². The van der Waals surface area contributed by atoms with Crippen LogP contribution in [0.2, 0.25) is 0 Å². The van der Waals surface area contributed by atoms with Crippen molar-refractivity contribution in [2.75, 3.05) is 39.4 Å². The molecule has 21 heavy (non-hydrogen) atoms. The number of nitriles is 1. The van der Waals surface area contributed by atoms with Crippen molar-refractivity contribution < 1.29 is 9.66 Å². The minimum Gasteiger partial charge on any atom is -0.379 e. The van der Waals surface area contributed by atoms with Crippen LogP contribution in [0.15, 0.2) is 24.3 Å². The summed E-state index contributed by atoms with van der Waals surface area (Å²) in [4.78, 5) is 12.6. The van der Waals surface area contributed by atoms with E-state index in [-0.39, 0.29) is 5.69 Å². The molecule has 1 N–H and O–H groups in total. The van der Waals surface area contributed by atoms with Gasteiger partial charge in [-0.25, -0.2) is 0 Å². The Kier molecular flexibility index (Phi) is 5.63. The monoisotopic (exact) mass is 290 g/mol. The number of rotatable bonds is 6. The smallest absolute Gasteiger partial charge is 0.269 e. The highest BCUT2D eigenvalue weighted by molar-refractivity contribution is 5.37. The maximum Gasteiger partial charge on any atom is 0.269 e. The molecule has 112 valence electrons. The van der Waals surface area contributed by atoms with Crippen LogP contribution in [-0.4, -0.2) is 49.2 Å². The second-order valence-electron chi connectivity index (χ2n) is 4.82. The summed E-state index contributed by atoms with van der Waals surface area (Å²) in [7, 11) is 0. The Labute approximate surface area is 123 Å². The average molecular weight is 290 g/mol. The zero-order valence-electron chi connectivity index (χ0n) is 11.7. The minimum atomic E-state index is -0.536. The third-order valence-electron chi connectivity index (χ3n) is 3.42. The molecule has 1 saturated heterocycles. The first kappa shape index (κ1) is 15.4. The number of morpholine rings is 1. The van der Waals surface area contributed by atoms with Crippen LogP contribution >= 0.6 is 0 Å². The predicted octanol–water partition coefficient (Wildman–Crippen LogP) is 1.08. The number of non-ortho nitro benzene ring substituents is 1. The topological polar surface area (TPSA) is 91.4 Å². The molecule has 7 nitrogen and oxygen atoms in total. The van der Waals surface area contributed by atoms with Gasteiger partial charge in [0.2, 0.25) is 0 Å². The first-order chi connectivity index (χ1) is 10.2. The molecule has 2 rings (SSSR count). The SMILES string of the molecule is N#CC(NCCN1CCOCC1)c1cccc([N+](=O)[O-])c1. The number of nitrogens with one attached hydrogen (secondary N) is 1. The average Bonchev–Trinajstić information content (AvgIpc) is 2.52. The fourth-order valence-electron chi connectivity index (χ4n) is 2.25. The van der Waals surface area contributed by atoms with Crippen molar-refractivity contribution in [3.63, 3.8) is 0 Å². The molecule has 0 bridgehead atoms. The van der Waals surface area contributed by atoms with Crippen LogP contribution in [0.5, 0.6) is 0 Å². The Morgan fingerprint density at radius 1 is 1.48 bits per heavy atom. The van der Waals surface area contributed by atoms with Gasteiger partial charge in [-0.3, -0.25) is 20.3 Å². The second kappa shape index (κ2) is 7.69. The maximum atomic E-state index is 10.8. The van der Waals surface area contributed by atoms with Gasteiger partial charge in [0.05, 0.1) is 24.2 Å². The van der Waals surface area contributed by atoms with Gasteiger partial charge in [0.25, 0.3) is 5.69 Å². The summed E-state index contributed by atoms with van der Waals surface area (Å²) in [5.41, 5.74) is 0.622. The molecule has 0 aromatic heterocycles. The lowest BCUT2D eigenvalue weighted by Crippen LogP contribution is -2.40. The van der Waals surface area contributed by atoms with Crippen LogP contribution in [0, 0.1) is 21.4 Å². The zero-order valence-corrected chi connectivity index (χ0v) is 11.7. The van der Waals surface area contributed by atoms with E-state index in [1.54, 1.807) is 12.1 Å². The summed E-state index contributed by atoms with van der Waals surface area (Å²) in [6.45, 7) is 4.77. The van der Waals surface area contributed by atoms with Gasteiger partial charge in [-0.15, -0.1) is 0 Å². The van der Waals surface area contributed by atoms with E-state index in [9.17, 15) is 15.4 Å². The number of nitrogens with zero attached hydrogens (tertiary/aromatic N) is 3. The van der Waals surface area contributed by atoms with Gasteiger partial charge in [-0.1, -0.05) is 12.1 Å². The fraction of sp³-hybridized carbons (Fsp3) is 0.500. The van der Waals surface area contributed by atoms with Crippen molar-refractivity contribution in [2.45, 2.75) is 6.04 Å². The van der Waals surface area contributed by atoms with Gasteiger partial charge in [-0.2, -0.15) is 5.26 Å². The van der Waals surface area contributed by atoms with Crippen LogP contribution in [0.1, 0.15) is 11.6 Å². The molecule has 0 spiro atoms. The first-order valence-electron chi connectivity index (χ1n) is 6.88. The molecule has 7 heteroatoms. The fourth-order valence-corrected chi connectivity index (χ4v) is 2.25. The van der Waals surface area contributed by atoms with Crippen molar-refractivity contribution >= 4 is 5.69 Å². The number of ether oxygens (including phenoxy) is 1. The Hall–Kier alpha value is -2.01. The molecule has 1 heterocycles. The van der Waals surface area contributed by atoms with Crippen molar-refractivity contribution in [1.29, 1.82) is 5.26 Å². The summed E-state index contributed by atoms with van der Waals surface area (Å²) in [5.74, 6) is 0. The summed E-state index contributed by atoms with van der Waals surface area (Å²) < 4.78 is 5.27. The molecule has 1 aliphatic rings. The van der Waals surface area contributed by atoms with Crippen molar-refractivity contribution in [3.05, 3.63) is 39.9 Å². The molecular weight excluding hydrogens is 272 g/mol. The van der Waals surface area contributed by atoms with E-state index < -0.39 is 11.0 Å². The lowest BCUT2D eigenvalue weighted by atomic mass is 10.1. The van der Waals surface area contributed by atoms with Gasteiger partial charge >= 0.3 is 0 Å². The number of nitro groups is 1. The van der Waals surface area contributed by atoms with Gasteiger partial charge in [0.1, 0.15) is 6.04 Å². The number of hydrogen-bond acceptors (Lipinski definition) is 6. The van der Waals surface area contributed by atoms with Crippen LogP contribution in [0.4, 0.5) is 5.69 Å². The Bertz CT molecular complexity index is 523. The molecule has 0 aliphatic carbocycles. The van der Waals surface area contributed by atoms with E-state index in [0.717, 1.165) is 32.8 Å². The highest BCUT2D eigenvalue weighted by Crippen LogP contribution is 2.18. The third-order valence-corrected chi connectivity index (χ3v) is 3.42. The number of nitro benzene ring substituents is 1. The molecule has 0 saturated carbocycles. The van der Waals surface area contributed by atoms with E-state index in [1.807, 2.05) is 0 Å². The van der Waals surface area contributed by atoms with Crippen molar-refractivity contribution in [2.24, 2.45) is 0 Å². The summed E-state index contributed by atoms with van der Waals surface area (Å²) in [6, 6.07) is 7.80. The van der Waals surface area contributed by atoms with Gasteiger partial charge < -0.3 is 4.74 Å². The number of benzene rings is 1. The molecule has 1 aromatic rings. The molecule has 1 fully saturated rings. The highest BCUT2D eigenvalue weighted by Gasteiger charge is 2.15. The van der Waals surface area contributed by atoms with Crippen LogP contribution in [0.3, 0.4) is 0 Å². The van der Waals surface area contributed by atoms with Crippen LogP contribution in [-0.2, 0) is 4.74 Å². The number of hydrogen-bond donors (Lipinski definition) is 1. The molecular formula is C14H18N4O3. The summed E-state index contributed by atoms with van der Waals surface area (Å²) in [5, 5.41) is 23.1. The predicted molar refractivity (Wildman–Crippen MR) is 76.7 cm³/mol. The van der Waals surface area contributed by atoms with E-state index in [0.29, 0.717) is 12.1 Å². The Balaban J connectivity index is 1.89. The lowest BCUT2D eigenvalue weighted by molar-refractivity contribution is -0.384. The summed E-state index contributed by atoms with van der Waals surface area (Å²) in [6.07, 6.45) is 0. The van der Waals surface area contributed by atoms with Gasteiger partial charge in [0.15, 0.2) is 0 Å². The molecule has 1 aliphatic heterocycles.